The number of benzene rings is 2. The Bertz CT molecular complexity index is 987. The molecule has 3 aromatic rings. The van der Waals surface area contributed by atoms with Gasteiger partial charge in [0.1, 0.15) is 6.61 Å². The van der Waals surface area contributed by atoms with Crippen LogP contribution in [0.25, 0.3) is 11.1 Å². The van der Waals surface area contributed by atoms with Crippen molar-refractivity contribution in [2.45, 2.75) is 32.7 Å². The van der Waals surface area contributed by atoms with Crippen molar-refractivity contribution in [3.05, 3.63) is 89.2 Å². The van der Waals surface area contributed by atoms with Crippen molar-refractivity contribution in [3.8, 4) is 11.1 Å². The molecular formula is C24H24N2O. The van der Waals surface area contributed by atoms with E-state index in [1.54, 1.807) is 0 Å². The standard InChI is InChI=1S/C24H24N2O/c1-17-20(7-6-14-25-17)15-18-10-12-19(13-11-18)21-8-4-5-9-22(21)23-26-24(2,3)16-27-23/h4-14H,15-16H2,1-3H3. The maximum absolute atomic E-state index is 5.88. The minimum absolute atomic E-state index is 0.159. The Hall–Kier alpha value is -2.94. The second-order valence-corrected chi connectivity index (χ2v) is 7.69. The third-order valence-electron chi connectivity index (χ3n) is 4.90. The van der Waals surface area contributed by atoms with Gasteiger partial charge in [-0.15, -0.1) is 0 Å². The summed E-state index contributed by atoms with van der Waals surface area (Å²) in [6, 6.07) is 21.2. The molecule has 0 fully saturated rings. The molecule has 0 amide bonds. The van der Waals surface area contributed by atoms with Gasteiger partial charge in [0, 0.05) is 17.5 Å². The van der Waals surface area contributed by atoms with Gasteiger partial charge in [0.25, 0.3) is 0 Å². The van der Waals surface area contributed by atoms with Crippen molar-refractivity contribution in [3.63, 3.8) is 0 Å². The molecule has 1 aliphatic rings. The van der Waals surface area contributed by atoms with Crippen molar-refractivity contribution in [1.82, 2.24) is 4.98 Å². The lowest BCUT2D eigenvalue weighted by Crippen LogP contribution is -2.17. The van der Waals surface area contributed by atoms with Crippen LogP contribution in [0, 0.1) is 6.92 Å². The van der Waals surface area contributed by atoms with Crippen LogP contribution in [-0.2, 0) is 11.2 Å². The molecule has 0 unspecified atom stereocenters. The van der Waals surface area contributed by atoms with E-state index in [1.165, 1.54) is 16.7 Å². The highest BCUT2D eigenvalue weighted by atomic mass is 16.5. The predicted molar refractivity (Wildman–Crippen MR) is 110 cm³/mol. The van der Waals surface area contributed by atoms with Gasteiger partial charge in [0.15, 0.2) is 0 Å². The van der Waals surface area contributed by atoms with E-state index in [4.69, 9.17) is 9.73 Å². The van der Waals surface area contributed by atoms with E-state index in [2.05, 4.69) is 74.3 Å². The SMILES string of the molecule is Cc1ncccc1Cc1ccc(-c2ccccc2C2=NC(C)(C)CO2)cc1. The molecule has 1 aromatic heterocycles. The first-order valence-electron chi connectivity index (χ1n) is 9.34. The van der Waals surface area contributed by atoms with E-state index in [0.717, 1.165) is 29.1 Å². The van der Waals surface area contributed by atoms with E-state index in [-0.39, 0.29) is 5.54 Å². The van der Waals surface area contributed by atoms with Crippen molar-refractivity contribution in [2.75, 3.05) is 6.61 Å². The van der Waals surface area contributed by atoms with Crippen LogP contribution in [0.4, 0.5) is 0 Å². The average Bonchev–Trinajstić information content (AvgIpc) is 3.04. The molecule has 0 bridgehead atoms. The average molecular weight is 356 g/mol. The van der Waals surface area contributed by atoms with Gasteiger partial charge in [-0.3, -0.25) is 4.98 Å². The van der Waals surface area contributed by atoms with Crippen LogP contribution in [0.3, 0.4) is 0 Å². The molecule has 2 aromatic carbocycles. The van der Waals surface area contributed by atoms with E-state index in [9.17, 15) is 0 Å². The van der Waals surface area contributed by atoms with E-state index >= 15 is 0 Å². The molecule has 2 heterocycles. The zero-order valence-electron chi connectivity index (χ0n) is 16.1. The van der Waals surface area contributed by atoms with E-state index in [0.29, 0.717) is 6.61 Å². The van der Waals surface area contributed by atoms with Crippen LogP contribution in [0.1, 0.15) is 36.2 Å². The maximum atomic E-state index is 5.88. The lowest BCUT2D eigenvalue weighted by molar-refractivity contribution is 0.279. The summed E-state index contributed by atoms with van der Waals surface area (Å²) in [7, 11) is 0. The number of nitrogens with zero attached hydrogens (tertiary/aromatic N) is 2. The molecule has 0 radical (unpaired) electrons. The minimum Gasteiger partial charge on any atom is -0.475 e. The Morgan fingerprint density at radius 3 is 2.33 bits per heavy atom. The zero-order valence-corrected chi connectivity index (χ0v) is 16.1. The van der Waals surface area contributed by atoms with Gasteiger partial charge in [-0.25, -0.2) is 4.99 Å². The van der Waals surface area contributed by atoms with Crippen LogP contribution in [0.2, 0.25) is 0 Å². The Labute approximate surface area is 160 Å². The topological polar surface area (TPSA) is 34.5 Å². The smallest absolute Gasteiger partial charge is 0.217 e. The summed E-state index contributed by atoms with van der Waals surface area (Å²) in [6.45, 7) is 6.87. The Morgan fingerprint density at radius 1 is 0.926 bits per heavy atom. The molecule has 136 valence electrons. The largest absolute Gasteiger partial charge is 0.475 e. The van der Waals surface area contributed by atoms with Crippen molar-refractivity contribution < 1.29 is 4.74 Å². The summed E-state index contributed by atoms with van der Waals surface area (Å²) >= 11 is 0. The number of ether oxygens (including phenoxy) is 1. The number of hydrogen-bond acceptors (Lipinski definition) is 3. The first-order valence-corrected chi connectivity index (χ1v) is 9.34. The Kier molecular flexibility index (Phi) is 4.53. The molecule has 0 saturated carbocycles. The van der Waals surface area contributed by atoms with Gasteiger partial charge in [-0.2, -0.15) is 0 Å². The Balaban J connectivity index is 1.63. The summed E-state index contributed by atoms with van der Waals surface area (Å²) < 4.78 is 5.88. The molecule has 0 atom stereocenters. The maximum Gasteiger partial charge on any atom is 0.217 e. The quantitative estimate of drug-likeness (QED) is 0.644. The summed E-state index contributed by atoms with van der Waals surface area (Å²) in [6.07, 6.45) is 2.74. The number of pyridine rings is 1. The molecule has 0 N–H and O–H groups in total. The normalized spacial score (nSPS) is 15.3. The monoisotopic (exact) mass is 356 g/mol. The van der Waals surface area contributed by atoms with Crippen molar-refractivity contribution in [2.24, 2.45) is 4.99 Å². The van der Waals surface area contributed by atoms with Crippen molar-refractivity contribution >= 4 is 5.90 Å². The van der Waals surface area contributed by atoms with Gasteiger partial charge in [0.2, 0.25) is 5.90 Å². The van der Waals surface area contributed by atoms with Gasteiger partial charge in [-0.05, 0) is 61.6 Å². The van der Waals surface area contributed by atoms with Crippen molar-refractivity contribution in [1.29, 1.82) is 0 Å². The molecule has 0 aliphatic carbocycles. The van der Waals surface area contributed by atoms with Crippen LogP contribution in [0.5, 0.6) is 0 Å². The lowest BCUT2D eigenvalue weighted by Gasteiger charge is -2.11. The number of rotatable bonds is 4. The fourth-order valence-corrected chi connectivity index (χ4v) is 3.37. The summed E-state index contributed by atoms with van der Waals surface area (Å²) in [5.74, 6) is 0.741. The van der Waals surface area contributed by atoms with Crippen LogP contribution >= 0.6 is 0 Å². The zero-order chi connectivity index (χ0) is 18.9. The van der Waals surface area contributed by atoms with E-state index in [1.807, 2.05) is 18.3 Å². The van der Waals surface area contributed by atoms with E-state index < -0.39 is 0 Å². The molecule has 4 rings (SSSR count). The fourth-order valence-electron chi connectivity index (χ4n) is 3.37. The van der Waals surface area contributed by atoms with Crippen LogP contribution in [0.15, 0.2) is 71.9 Å². The summed E-state index contributed by atoms with van der Waals surface area (Å²) in [5, 5.41) is 0. The number of aromatic nitrogens is 1. The fraction of sp³-hybridized carbons (Fsp3) is 0.250. The molecule has 3 heteroatoms. The van der Waals surface area contributed by atoms with Crippen LogP contribution < -0.4 is 0 Å². The molecule has 27 heavy (non-hydrogen) atoms. The first kappa shape index (κ1) is 17.5. The highest BCUT2D eigenvalue weighted by Gasteiger charge is 2.28. The molecule has 0 spiro atoms. The number of aliphatic imine (C=N–C) groups is 1. The number of hydrogen-bond donors (Lipinski definition) is 0. The third-order valence-corrected chi connectivity index (χ3v) is 4.90. The van der Waals surface area contributed by atoms with Gasteiger partial charge in [-0.1, -0.05) is 48.5 Å². The first-order chi connectivity index (χ1) is 13.0. The second kappa shape index (κ2) is 6.99. The Morgan fingerprint density at radius 2 is 1.67 bits per heavy atom. The second-order valence-electron chi connectivity index (χ2n) is 7.69. The summed E-state index contributed by atoms with van der Waals surface area (Å²) in [5.41, 5.74) is 6.86. The molecule has 0 saturated heterocycles. The van der Waals surface area contributed by atoms with Gasteiger partial charge in [0.05, 0.1) is 5.54 Å². The molecular weight excluding hydrogens is 332 g/mol. The summed E-state index contributed by atoms with van der Waals surface area (Å²) in [4.78, 5) is 9.13. The van der Waals surface area contributed by atoms with Gasteiger partial charge < -0.3 is 4.74 Å². The van der Waals surface area contributed by atoms with Crippen LogP contribution in [-0.4, -0.2) is 23.0 Å². The number of aryl methyl sites for hydroxylation is 1. The third kappa shape index (κ3) is 3.77. The lowest BCUT2D eigenvalue weighted by atomic mass is 9.96. The molecule has 1 aliphatic heterocycles. The van der Waals surface area contributed by atoms with Gasteiger partial charge >= 0.3 is 0 Å². The highest BCUT2D eigenvalue weighted by Crippen LogP contribution is 2.29. The minimum atomic E-state index is -0.159. The predicted octanol–water partition coefficient (Wildman–Crippen LogP) is 5.20. The highest BCUT2D eigenvalue weighted by molar-refractivity contribution is 6.01. The molecule has 3 nitrogen and oxygen atoms in total.